The smallest absolute Gasteiger partial charge is 0.132 e. The zero-order valence-electron chi connectivity index (χ0n) is 33.9. The Balaban J connectivity index is 0.882. The van der Waals surface area contributed by atoms with Crippen LogP contribution in [0, 0.1) is 0 Å². The zero-order chi connectivity index (χ0) is 41.0. The molecule has 4 nitrogen and oxygen atoms in total. The molecule has 62 heavy (non-hydrogen) atoms. The molecule has 9 aromatic carbocycles. The van der Waals surface area contributed by atoms with E-state index in [0.717, 1.165) is 45.2 Å². The SMILES string of the molecule is c1ccc(-c2ccc(C3NC(c4cccc(-c5ccc(-c6ccc7c(c6)C6(c8ccccc8Oc8ccccc86)c6ccccc6-7)cc5)c4)=NC(c4ccccc4)N3)cc2)cc1. The van der Waals surface area contributed by atoms with E-state index in [2.05, 4.69) is 229 Å². The number of hydrogen-bond acceptors (Lipinski definition) is 4. The Morgan fingerprint density at radius 2 is 0.871 bits per heavy atom. The van der Waals surface area contributed by atoms with Gasteiger partial charge in [-0.25, -0.2) is 4.99 Å². The summed E-state index contributed by atoms with van der Waals surface area (Å²) >= 11 is 0. The monoisotopic (exact) mass is 795 g/mol. The third kappa shape index (κ3) is 5.91. The lowest BCUT2D eigenvalue weighted by Gasteiger charge is -2.39. The molecule has 0 saturated carbocycles. The lowest BCUT2D eigenvalue weighted by molar-refractivity contribution is 0.409. The zero-order valence-corrected chi connectivity index (χ0v) is 33.9. The van der Waals surface area contributed by atoms with Gasteiger partial charge in [-0.2, -0.15) is 0 Å². The molecular weight excluding hydrogens is 755 g/mol. The number of ether oxygens (including phenoxy) is 1. The fourth-order valence-electron chi connectivity index (χ4n) is 9.92. The summed E-state index contributed by atoms with van der Waals surface area (Å²) in [7, 11) is 0. The van der Waals surface area contributed by atoms with Crippen molar-refractivity contribution in [2.75, 3.05) is 0 Å². The molecule has 2 heterocycles. The van der Waals surface area contributed by atoms with Crippen molar-refractivity contribution in [3.05, 3.63) is 263 Å². The number of nitrogens with zero attached hydrogens (tertiary/aromatic N) is 1. The van der Waals surface area contributed by atoms with Crippen molar-refractivity contribution in [3.8, 4) is 56.0 Å². The number of para-hydroxylation sites is 2. The van der Waals surface area contributed by atoms with E-state index >= 15 is 0 Å². The highest BCUT2D eigenvalue weighted by Crippen LogP contribution is 2.62. The molecule has 12 rings (SSSR count). The maximum atomic E-state index is 6.57. The summed E-state index contributed by atoms with van der Waals surface area (Å²) in [4.78, 5) is 5.25. The Bertz CT molecular complexity index is 3110. The Morgan fingerprint density at radius 3 is 1.58 bits per heavy atom. The molecule has 0 amide bonds. The van der Waals surface area contributed by atoms with E-state index in [1.165, 1.54) is 55.6 Å². The van der Waals surface area contributed by atoms with Crippen molar-refractivity contribution < 1.29 is 4.74 Å². The van der Waals surface area contributed by atoms with E-state index in [9.17, 15) is 0 Å². The van der Waals surface area contributed by atoms with Gasteiger partial charge >= 0.3 is 0 Å². The summed E-state index contributed by atoms with van der Waals surface area (Å²) in [6.45, 7) is 0. The highest BCUT2D eigenvalue weighted by molar-refractivity contribution is 6.00. The largest absolute Gasteiger partial charge is 0.457 e. The molecule has 2 unspecified atom stereocenters. The van der Waals surface area contributed by atoms with Crippen LogP contribution in [0.1, 0.15) is 51.3 Å². The van der Waals surface area contributed by atoms with Crippen LogP contribution in [0.25, 0.3) is 44.5 Å². The van der Waals surface area contributed by atoms with Crippen LogP contribution in [-0.2, 0) is 5.41 Å². The van der Waals surface area contributed by atoms with Gasteiger partial charge in [0.25, 0.3) is 0 Å². The summed E-state index contributed by atoms with van der Waals surface area (Å²) in [5.74, 6) is 2.66. The molecule has 4 heteroatoms. The number of aliphatic imine (C=N–C) groups is 1. The highest BCUT2D eigenvalue weighted by atomic mass is 16.5. The highest BCUT2D eigenvalue weighted by Gasteiger charge is 2.51. The van der Waals surface area contributed by atoms with Crippen LogP contribution in [0.15, 0.2) is 229 Å². The molecule has 1 spiro atoms. The molecule has 2 N–H and O–H groups in total. The molecule has 1 aliphatic carbocycles. The lowest BCUT2D eigenvalue weighted by atomic mass is 9.66. The van der Waals surface area contributed by atoms with E-state index in [1.54, 1.807) is 0 Å². The number of benzene rings is 9. The third-order valence-corrected chi connectivity index (χ3v) is 12.9. The van der Waals surface area contributed by atoms with Crippen LogP contribution in [0.3, 0.4) is 0 Å². The van der Waals surface area contributed by atoms with Crippen LogP contribution in [0.5, 0.6) is 11.5 Å². The van der Waals surface area contributed by atoms with E-state index in [1.807, 2.05) is 6.07 Å². The van der Waals surface area contributed by atoms with E-state index < -0.39 is 5.41 Å². The first-order chi connectivity index (χ1) is 30.7. The summed E-state index contributed by atoms with van der Waals surface area (Å²) in [6.07, 6.45) is -0.348. The molecule has 0 radical (unpaired) electrons. The average Bonchev–Trinajstić information content (AvgIpc) is 3.64. The van der Waals surface area contributed by atoms with E-state index in [4.69, 9.17) is 9.73 Å². The van der Waals surface area contributed by atoms with Gasteiger partial charge in [-0.3, -0.25) is 5.32 Å². The van der Waals surface area contributed by atoms with E-state index in [0.29, 0.717) is 0 Å². The normalized spacial score (nSPS) is 16.5. The van der Waals surface area contributed by atoms with Gasteiger partial charge < -0.3 is 10.1 Å². The molecule has 2 aliphatic heterocycles. The lowest BCUT2D eigenvalue weighted by Crippen LogP contribution is -2.44. The number of rotatable bonds is 6. The standard InChI is InChI=1S/C58H41N3O/c1-3-14-38(15-4-1)39-30-32-43(33-31-39)56-59-55(42-16-5-2-6-17-42)60-57(61-56)46-19-13-18-44(36-46)40-26-28-41(29-27-40)45-34-35-48-47-20-7-8-21-49(47)58(52(48)37-45)50-22-9-11-24-53(50)62-54-25-12-10-23-51(54)58/h1-37,55-56,59H,(H,60,61). The van der Waals surface area contributed by atoms with Gasteiger partial charge in [-0.1, -0.05) is 200 Å². The van der Waals surface area contributed by atoms with Gasteiger partial charge in [-0.15, -0.1) is 0 Å². The second kappa shape index (κ2) is 14.7. The Hall–Kier alpha value is -7.79. The van der Waals surface area contributed by atoms with Crippen LogP contribution in [0.2, 0.25) is 0 Å². The van der Waals surface area contributed by atoms with Crippen molar-refractivity contribution in [1.82, 2.24) is 10.6 Å². The minimum absolute atomic E-state index is 0.136. The second-order valence-corrected chi connectivity index (χ2v) is 16.3. The summed E-state index contributed by atoms with van der Waals surface area (Å²) < 4.78 is 6.57. The van der Waals surface area contributed by atoms with E-state index in [-0.39, 0.29) is 12.3 Å². The Labute approximate surface area is 361 Å². The maximum absolute atomic E-state index is 6.57. The van der Waals surface area contributed by atoms with Crippen molar-refractivity contribution >= 4 is 5.84 Å². The quantitative estimate of drug-likeness (QED) is 0.176. The van der Waals surface area contributed by atoms with Crippen LogP contribution < -0.4 is 15.4 Å². The number of fused-ring (bicyclic) bond motifs is 9. The number of hydrogen-bond donors (Lipinski definition) is 2. The molecule has 0 saturated heterocycles. The minimum Gasteiger partial charge on any atom is -0.457 e. The topological polar surface area (TPSA) is 45.6 Å². The third-order valence-electron chi connectivity index (χ3n) is 12.9. The first kappa shape index (κ1) is 36.1. The van der Waals surface area contributed by atoms with Crippen LogP contribution in [0.4, 0.5) is 0 Å². The molecule has 3 aliphatic rings. The second-order valence-electron chi connectivity index (χ2n) is 16.3. The predicted molar refractivity (Wildman–Crippen MR) is 251 cm³/mol. The summed E-state index contributed by atoms with van der Waals surface area (Å²) in [5, 5.41) is 7.51. The molecule has 0 fully saturated rings. The maximum Gasteiger partial charge on any atom is 0.132 e. The Morgan fingerprint density at radius 1 is 0.371 bits per heavy atom. The van der Waals surface area contributed by atoms with Gasteiger partial charge in [0, 0.05) is 16.7 Å². The van der Waals surface area contributed by atoms with Crippen molar-refractivity contribution in [1.29, 1.82) is 0 Å². The van der Waals surface area contributed by atoms with Crippen molar-refractivity contribution in [3.63, 3.8) is 0 Å². The average molecular weight is 796 g/mol. The van der Waals surface area contributed by atoms with Crippen molar-refractivity contribution in [2.24, 2.45) is 4.99 Å². The summed E-state index contributed by atoms with van der Waals surface area (Å²) in [5.41, 5.74) is 17.3. The molecule has 2 atom stereocenters. The fraction of sp³-hybridized carbons (Fsp3) is 0.0517. The predicted octanol–water partition coefficient (Wildman–Crippen LogP) is 13.5. The number of amidine groups is 1. The van der Waals surface area contributed by atoms with Crippen LogP contribution in [-0.4, -0.2) is 5.84 Å². The Kier molecular flexibility index (Phi) is 8.58. The van der Waals surface area contributed by atoms with Gasteiger partial charge in [0.15, 0.2) is 0 Å². The summed E-state index contributed by atoms with van der Waals surface area (Å²) in [6, 6.07) is 80.5. The van der Waals surface area contributed by atoms with Crippen LogP contribution >= 0.6 is 0 Å². The molecule has 294 valence electrons. The molecule has 9 aromatic rings. The molecule has 0 bridgehead atoms. The minimum atomic E-state index is -0.497. The molecular formula is C58H41N3O. The first-order valence-corrected chi connectivity index (χ1v) is 21.3. The van der Waals surface area contributed by atoms with Gasteiger partial charge in [0.05, 0.1) is 5.41 Å². The van der Waals surface area contributed by atoms with Gasteiger partial charge in [-0.05, 0) is 91.0 Å². The fourth-order valence-corrected chi connectivity index (χ4v) is 9.92. The first-order valence-electron chi connectivity index (χ1n) is 21.3. The van der Waals surface area contributed by atoms with Gasteiger partial charge in [0.2, 0.25) is 0 Å². The molecule has 0 aromatic heterocycles. The van der Waals surface area contributed by atoms with Crippen molar-refractivity contribution in [2.45, 2.75) is 17.7 Å². The van der Waals surface area contributed by atoms with Gasteiger partial charge in [0.1, 0.15) is 29.7 Å². The number of nitrogens with one attached hydrogen (secondary N) is 2.